The fraction of sp³-hybridized carbons (Fsp3) is 0.467. The number of ether oxygens (including phenoxy) is 1. The Morgan fingerprint density at radius 1 is 1.38 bits per heavy atom. The van der Waals surface area contributed by atoms with Crippen LogP contribution >= 0.6 is 0 Å². The van der Waals surface area contributed by atoms with Gasteiger partial charge in [0.15, 0.2) is 12.4 Å². The molecule has 1 amide bonds. The number of nitrogens with zero attached hydrogens (tertiary/aromatic N) is 1. The van der Waals surface area contributed by atoms with Gasteiger partial charge >= 0.3 is 0 Å². The Morgan fingerprint density at radius 2 is 2.05 bits per heavy atom. The van der Waals surface area contributed by atoms with Gasteiger partial charge in [0.25, 0.3) is 5.91 Å². The highest BCUT2D eigenvalue weighted by atomic mass is 16.5. The van der Waals surface area contributed by atoms with Crippen LogP contribution in [0.25, 0.3) is 0 Å². The number of hydrogen-bond donors (Lipinski definition) is 3. The topological polar surface area (TPSA) is 96.9 Å². The van der Waals surface area contributed by atoms with Crippen LogP contribution < -0.4 is 15.8 Å². The number of hydrogen-bond acceptors (Lipinski definition) is 4. The Morgan fingerprint density at radius 3 is 2.67 bits per heavy atom. The maximum absolute atomic E-state index is 11.7. The average Bonchev–Trinajstić information content (AvgIpc) is 2.49. The Bertz CT molecular complexity index is 501. The lowest BCUT2D eigenvalue weighted by atomic mass is 9.98. The van der Waals surface area contributed by atoms with Crippen molar-refractivity contribution in [2.24, 2.45) is 22.7 Å². The Balaban J connectivity index is 2.54. The summed E-state index contributed by atoms with van der Waals surface area (Å²) in [6.07, 6.45) is 0. The van der Waals surface area contributed by atoms with Gasteiger partial charge in [-0.15, -0.1) is 0 Å². The van der Waals surface area contributed by atoms with Gasteiger partial charge < -0.3 is 21.0 Å². The number of carbonyl (C=O) groups excluding carboxylic acids is 1. The van der Waals surface area contributed by atoms with Crippen molar-refractivity contribution in [3.8, 4) is 5.75 Å². The minimum Gasteiger partial charge on any atom is -0.483 e. The minimum atomic E-state index is -0.197. The fourth-order valence-electron chi connectivity index (χ4n) is 1.56. The summed E-state index contributed by atoms with van der Waals surface area (Å²) in [5.41, 5.74) is 6.00. The van der Waals surface area contributed by atoms with E-state index in [0.717, 1.165) is 0 Å². The number of para-hydroxylation sites is 1. The lowest BCUT2D eigenvalue weighted by Crippen LogP contribution is -2.34. The number of nitrogens with one attached hydrogen (secondary N) is 1. The molecule has 0 fully saturated rings. The van der Waals surface area contributed by atoms with Gasteiger partial charge in [-0.1, -0.05) is 38.1 Å². The molecule has 0 aliphatic carbocycles. The number of oxime groups is 1. The Labute approximate surface area is 125 Å². The lowest BCUT2D eigenvalue weighted by molar-refractivity contribution is -0.123. The molecule has 6 heteroatoms. The molecule has 0 saturated carbocycles. The molecule has 1 rings (SSSR count). The van der Waals surface area contributed by atoms with Crippen molar-refractivity contribution in [2.45, 2.75) is 20.8 Å². The van der Waals surface area contributed by atoms with E-state index >= 15 is 0 Å². The standard InChI is InChI=1S/C15H23N3O3/c1-10(2)11(3)8-17-14(19)9-21-13-7-5-4-6-12(13)15(16)18-20/h4-7,10-11,20H,8-9H2,1-3H3,(H2,16,18)(H,17,19). The number of amides is 1. The van der Waals surface area contributed by atoms with Gasteiger partial charge in [-0.05, 0) is 24.0 Å². The van der Waals surface area contributed by atoms with Crippen molar-refractivity contribution in [1.82, 2.24) is 5.32 Å². The third kappa shape index (κ3) is 5.33. The molecule has 1 unspecified atom stereocenters. The molecule has 116 valence electrons. The third-order valence-corrected chi connectivity index (χ3v) is 3.39. The number of amidine groups is 1. The smallest absolute Gasteiger partial charge is 0.257 e. The van der Waals surface area contributed by atoms with Crippen molar-refractivity contribution in [3.05, 3.63) is 29.8 Å². The van der Waals surface area contributed by atoms with Gasteiger partial charge in [-0.3, -0.25) is 4.79 Å². The summed E-state index contributed by atoms with van der Waals surface area (Å²) in [5.74, 6) is 1.06. The fourth-order valence-corrected chi connectivity index (χ4v) is 1.56. The zero-order chi connectivity index (χ0) is 15.8. The molecule has 0 aliphatic heterocycles. The summed E-state index contributed by atoms with van der Waals surface area (Å²) in [6, 6.07) is 6.81. The molecule has 0 aliphatic rings. The van der Waals surface area contributed by atoms with Crippen LogP contribution in [0.5, 0.6) is 5.75 Å². The summed E-state index contributed by atoms with van der Waals surface area (Å²) >= 11 is 0. The number of rotatable bonds is 7. The molecule has 21 heavy (non-hydrogen) atoms. The second-order valence-corrected chi connectivity index (χ2v) is 5.30. The van der Waals surface area contributed by atoms with Crippen LogP contribution in [0.15, 0.2) is 29.4 Å². The molecule has 0 radical (unpaired) electrons. The van der Waals surface area contributed by atoms with Crippen molar-refractivity contribution >= 4 is 11.7 Å². The third-order valence-electron chi connectivity index (χ3n) is 3.39. The summed E-state index contributed by atoms with van der Waals surface area (Å²) in [6.45, 7) is 6.81. The molecule has 0 spiro atoms. The van der Waals surface area contributed by atoms with Gasteiger partial charge in [0, 0.05) is 6.54 Å². The summed E-state index contributed by atoms with van der Waals surface area (Å²) in [4.78, 5) is 11.7. The van der Waals surface area contributed by atoms with E-state index in [1.165, 1.54) is 0 Å². The molecule has 0 heterocycles. The lowest BCUT2D eigenvalue weighted by Gasteiger charge is -2.16. The van der Waals surface area contributed by atoms with Crippen LogP contribution in [0, 0.1) is 11.8 Å². The molecule has 1 aromatic carbocycles. The van der Waals surface area contributed by atoms with Gasteiger partial charge in [0.05, 0.1) is 5.56 Å². The molecular formula is C15H23N3O3. The zero-order valence-electron chi connectivity index (χ0n) is 12.7. The van der Waals surface area contributed by atoms with E-state index in [1.54, 1.807) is 24.3 Å². The second-order valence-electron chi connectivity index (χ2n) is 5.30. The van der Waals surface area contributed by atoms with Gasteiger partial charge in [0.1, 0.15) is 5.75 Å². The van der Waals surface area contributed by atoms with Gasteiger partial charge in [-0.25, -0.2) is 0 Å². The van der Waals surface area contributed by atoms with Crippen molar-refractivity contribution in [3.63, 3.8) is 0 Å². The largest absolute Gasteiger partial charge is 0.483 e. The van der Waals surface area contributed by atoms with Crippen molar-refractivity contribution in [2.75, 3.05) is 13.2 Å². The van der Waals surface area contributed by atoms with Crippen LogP contribution in [0.4, 0.5) is 0 Å². The second kappa shape index (κ2) is 8.14. The SMILES string of the molecule is CC(C)C(C)CNC(=O)COc1ccccc1C(N)=NO. The van der Waals surface area contributed by atoms with E-state index in [9.17, 15) is 4.79 Å². The van der Waals surface area contributed by atoms with E-state index in [4.69, 9.17) is 15.7 Å². The summed E-state index contributed by atoms with van der Waals surface area (Å²) in [5, 5.41) is 14.5. The first kappa shape index (κ1) is 16.8. The normalized spacial score (nSPS) is 13.0. The highest BCUT2D eigenvalue weighted by molar-refractivity contribution is 5.99. The quantitative estimate of drug-likeness (QED) is 0.308. The van der Waals surface area contributed by atoms with Crippen molar-refractivity contribution in [1.29, 1.82) is 0 Å². The van der Waals surface area contributed by atoms with Crippen molar-refractivity contribution < 1.29 is 14.7 Å². The number of carbonyl (C=O) groups is 1. The number of nitrogens with two attached hydrogens (primary N) is 1. The predicted octanol–water partition coefficient (Wildman–Crippen LogP) is 1.57. The molecule has 0 bridgehead atoms. The van der Waals surface area contributed by atoms with Crippen LogP contribution in [0.1, 0.15) is 26.3 Å². The van der Waals surface area contributed by atoms with E-state index in [-0.39, 0.29) is 18.3 Å². The highest BCUT2D eigenvalue weighted by Crippen LogP contribution is 2.17. The Hall–Kier alpha value is -2.24. The molecule has 4 N–H and O–H groups in total. The first-order valence-corrected chi connectivity index (χ1v) is 6.92. The molecule has 1 atom stereocenters. The molecule has 0 saturated heterocycles. The first-order valence-electron chi connectivity index (χ1n) is 6.92. The maximum Gasteiger partial charge on any atom is 0.257 e. The Kier molecular flexibility index (Phi) is 6.52. The van der Waals surface area contributed by atoms with E-state index < -0.39 is 0 Å². The van der Waals surface area contributed by atoms with Gasteiger partial charge in [0.2, 0.25) is 0 Å². The van der Waals surface area contributed by atoms with Crippen LogP contribution in [-0.2, 0) is 4.79 Å². The zero-order valence-corrected chi connectivity index (χ0v) is 12.7. The van der Waals surface area contributed by atoms with Crippen LogP contribution in [-0.4, -0.2) is 30.1 Å². The van der Waals surface area contributed by atoms with Gasteiger partial charge in [-0.2, -0.15) is 0 Å². The molecular weight excluding hydrogens is 270 g/mol. The maximum atomic E-state index is 11.7. The molecule has 0 aromatic heterocycles. The first-order chi connectivity index (χ1) is 9.95. The monoisotopic (exact) mass is 293 g/mol. The minimum absolute atomic E-state index is 0.0561. The summed E-state index contributed by atoms with van der Waals surface area (Å²) in [7, 11) is 0. The summed E-state index contributed by atoms with van der Waals surface area (Å²) < 4.78 is 5.43. The average molecular weight is 293 g/mol. The van der Waals surface area contributed by atoms with E-state index in [0.29, 0.717) is 29.7 Å². The predicted molar refractivity (Wildman–Crippen MR) is 81.5 cm³/mol. The molecule has 1 aromatic rings. The highest BCUT2D eigenvalue weighted by Gasteiger charge is 2.11. The van der Waals surface area contributed by atoms with Crippen LogP contribution in [0.2, 0.25) is 0 Å². The molecule has 6 nitrogen and oxygen atoms in total. The number of benzene rings is 1. The van der Waals surface area contributed by atoms with Crippen LogP contribution in [0.3, 0.4) is 0 Å². The van der Waals surface area contributed by atoms with E-state index in [1.807, 2.05) is 0 Å². The van der Waals surface area contributed by atoms with E-state index in [2.05, 4.69) is 31.2 Å².